The molecule has 0 bridgehead atoms. The van der Waals surface area contributed by atoms with E-state index in [4.69, 9.17) is 9.31 Å². The van der Waals surface area contributed by atoms with Crippen molar-refractivity contribution in [3.05, 3.63) is 35.9 Å². The van der Waals surface area contributed by atoms with E-state index in [9.17, 15) is 0 Å². The molecule has 92 valence electrons. The Morgan fingerprint density at radius 2 is 2.00 bits per heavy atom. The lowest BCUT2D eigenvalue weighted by atomic mass is 9.88. The average Bonchev–Trinajstić information content (AvgIpc) is 2.32. The molecule has 2 rings (SSSR count). The standard InChI is InChI=1S/C13H20BNO2/c1-10(2)15-12-9-16-14(3)17-13(12)11-7-5-4-6-8-11/h4-8,10,12-13,15H,9H2,1-3H3. The predicted octanol–water partition coefficient (Wildman–Crippen LogP) is 2.26. The lowest BCUT2D eigenvalue weighted by Gasteiger charge is -2.36. The molecular weight excluding hydrogens is 213 g/mol. The second-order valence-electron chi connectivity index (χ2n) is 4.80. The van der Waals surface area contributed by atoms with Crippen molar-refractivity contribution in [2.45, 2.75) is 38.9 Å². The Bertz CT molecular complexity index is 345. The van der Waals surface area contributed by atoms with Crippen LogP contribution in [0.5, 0.6) is 0 Å². The molecule has 1 N–H and O–H groups in total. The summed E-state index contributed by atoms with van der Waals surface area (Å²) >= 11 is 0. The first-order chi connectivity index (χ1) is 8.16. The quantitative estimate of drug-likeness (QED) is 0.812. The fraction of sp³-hybridized carbons (Fsp3) is 0.538. The third-order valence-electron chi connectivity index (χ3n) is 2.89. The Labute approximate surface area is 104 Å². The Morgan fingerprint density at radius 1 is 1.29 bits per heavy atom. The van der Waals surface area contributed by atoms with Gasteiger partial charge in [0.05, 0.1) is 12.1 Å². The van der Waals surface area contributed by atoms with Gasteiger partial charge in [0.15, 0.2) is 0 Å². The largest absolute Gasteiger partial charge is 0.454 e. The molecule has 0 radical (unpaired) electrons. The zero-order valence-electron chi connectivity index (χ0n) is 10.7. The van der Waals surface area contributed by atoms with Gasteiger partial charge in [-0.15, -0.1) is 0 Å². The molecule has 1 heterocycles. The Balaban J connectivity index is 2.14. The number of rotatable bonds is 3. The maximum absolute atomic E-state index is 5.90. The van der Waals surface area contributed by atoms with Gasteiger partial charge in [-0.25, -0.2) is 0 Å². The van der Waals surface area contributed by atoms with Crippen LogP contribution in [0, 0.1) is 0 Å². The van der Waals surface area contributed by atoms with E-state index in [1.165, 1.54) is 5.56 Å². The smallest absolute Gasteiger partial charge is 0.410 e. The molecule has 1 saturated heterocycles. The fourth-order valence-corrected chi connectivity index (χ4v) is 2.18. The van der Waals surface area contributed by atoms with Crippen molar-refractivity contribution in [3.8, 4) is 0 Å². The first kappa shape index (κ1) is 12.6. The lowest BCUT2D eigenvalue weighted by molar-refractivity contribution is 0.0320. The molecule has 2 unspecified atom stereocenters. The monoisotopic (exact) mass is 233 g/mol. The molecule has 0 amide bonds. The summed E-state index contributed by atoms with van der Waals surface area (Å²) in [6.45, 7) is 6.92. The molecule has 3 nitrogen and oxygen atoms in total. The minimum absolute atomic E-state index is 0.0716. The van der Waals surface area contributed by atoms with Crippen LogP contribution in [0.25, 0.3) is 0 Å². The van der Waals surface area contributed by atoms with Crippen molar-refractivity contribution in [1.29, 1.82) is 0 Å². The molecule has 1 fully saturated rings. The summed E-state index contributed by atoms with van der Waals surface area (Å²) in [6.07, 6.45) is 0.0716. The predicted molar refractivity (Wildman–Crippen MR) is 69.9 cm³/mol. The van der Waals surface area contributed by atoms with E-state index in [-0.39, 0.29) is 19.3 Å². The van der Waals surface area contributed by atoms with Crippen LogP contribution in [-0.4, -0.2) is 25.8 Å². The summed E-state index contributed by atoms with van der Waals surface area (Å²) in [5.74, 6) is 0. The minimum Gasteiger partial charge on any atom is -0.410 e. The minimum atomic E-state index is -0.134. The van der Waals surface area contributed by atoms with Crippen LogP contribution in [0.15, 0.2) is 30.3 Å². The maximum atomic E-state index is 5.90. The second kappa shape index (κ2) is 5.67. The molecule has 4 heteroatoms. The van der Waals surface area contributed by atoms with Gasteiger partial charge in [-0.2, -0.15) is 0 Å². The summed E-state index contributed by atoms with van der Waals surface area (Å²) in [4.78, 5) is 0. The van der Waals surface area contributed by atoms with Gasteiger partial charge < -0.3 is 14.6 Å². The van der Waals surface area contributed by atoms with Crippen LogP contribution >= 0.6 is 0 Å². The third-order valence-corrected chi connectivity index (χ3v) is 2.89. The van der Waals surface area contributed by atoms with Crippen LogP contribution in [0.1, 0.15) is 25.5 Å². The van der Waals surface area contributed by atoms with Crippen molar-refractivity contribution < 1.29 is 9.31 Å². The third kappa shape index (κ3) is 3.31. The van der Waals surface area contributed by atoms with Gasteiger partial charge in [-0.05, 0) is 12.4 Å². The van der Waals surface area contributed by atoms with Gasteiger partial charge in [0, 0.05) is 12.6 Å². The van der Waals surface area contributed by atoms with E-state index in [1.807, 2.05) is 25.0 Å². The van der Waals surface area contributed by atoms with Gasteiger partial charge in [0.1, 0.15) is 0 Å². The van der Waals surface area contributed by atoms with E-state index in [0.29, 0.717) is 12.6 Å². The first-order valence-electron chi connectivity index (χ1n) is 6.25. The van der Waals surface area contributed by atoms with Crippen LogP contribution in [0.2, 0.25) is 6.82 Å². The van der Waals surface area contributed by atoms with Gasteiger partial charge >= 0.3 is 7.12 Å². The van der Waals surface area contributed by atoms with Crippen molar-refractivity contribution in [3.63, 3.8) is 0 Å². The highest BCUT2D eigenvalue weighted by molar-refractivity contribution is 6.42. The van der Waals surface area contributed by atoms with Gasteiger partial charge in [-0.1, -0.05) is 44.2 Å². The zero-order valence-corrected chi connectivity index (χ0v) is 10.7. The highest BCUT2D eigenvalue weighted by Crippen LogP contribution is 2.26. The van der Waals surface area contributed by atoms with Gasteiger partial charge in [0.25, 0.3) is 0 Å². The van der Waals surface area contributed by atoms with Crippen LogP contribution < -0.4 is 5.32 Å². The maximum Gasteiger partial charge on any atom is 0.454 e. The summed E-state index contributed by atoms with van der Waals surface area (Å²) in [5, 5.41) is 3.50. The second-order valence-corrected chi connectivity index (χ2v) is 4.80. The molecular formula is C13H20BNO2. The Kier molecular flexibility index (Phi) is 4.21. The van der Waals surface area contributed by atoms with Crippen LogP contribution in [-0.2, 0) is 9.31 Å². The van der Waals surface area contributed by atoms with Crippen molar-refractivity contribution in [1.82, 2.24) is 5.32 Å². The van der Waals surface area contributed by atoms with E-state index in [0.717, 1.165) is 0 Å². The zero-order chi connectivity index (χ0) is 12.3. The van der Waals surface area contributed by atoms with E-state index < -0.39 is 0 Å². The van der Waals surface area contributed by atoms with E-state index >= 15 is 0 Å². The molecule has 17 heavy (non-hydrogen) atoms. The molecule has 1 aromatic carbocycles. The Hall–Kier alpha value is -0.835. The molecule has 1 aromatic rings. The van der Waals surface area contributed by atoms with Crippen molar-refractivity contribution >= 4 is 7.12 Å². The van der Waals surface area contributed by atoms with Crippen molar-refractivity contribution in [2.24, 2.45) is 0 Å². The number of hydrogen-bond donors (Lipinski definition) is 1. The topological polar surface area (TPSA) is 30.5 Å². The van der Waals surface area contributed by atoms with Gasteiger partial charge in [-0.3, -0.25) is 0 Å². The average molecular weight is 233 g/mol. The molecule has 0 saturated carbocycles. The molecule has 0 aromatic heterocycles. The number of nitrogens with one attached hydrogen (secondary N) is 1. The fourth-order valence-electron chi connectivity index (χ4n) is 2.18. The van der Waals surface area contributed by atoms with E-state index in [2.05, 4.69) is 31.3 Å². The highest BCUT2D eigenvalue weighted by atomic mass is 16.6. The summed E-state index contributed by atoms with van der Waals surface area (Å²) in [7, 11) is -0.134. The van der Waals surface area contributed by atoms with Crippen molar-refractivity contribution in [2.75, 3.05) is 6.61 Å². The molecule has 2 atom stereocenters. The number of hydrogen-bond acceptors (Lipinski definition) is 3. The summed E-state index contributed by atoms with van der Waals surface area (Å²) in [5.41, 5.74) is 1.21. The summed E-state index contributed by atoms with van der Waals surface area (Å²) in [6, 6.07) is 11.0. The molecule has 1 aliphatic rings. The SMILES string of the molecule is CB1OCC(NC(C)C)C(c2ccccc2)O1. The first-order valence-corrected chi connectivity index (χ1v) is 6.25. The summed E-state index contributed by atoms with van der Waals surface area (Å²) < 4.78 is 11.5. The lowest BCUT2D eigenvalue weighted by Crippen LogP contribution is -2.49. The Morgan fingerprint density at radius 3 is 2.65 bits per heavy atom. The normalized spacial score (nSPS) is 25.3. The van der Waals surface area contributed by atoms with Crippen LogP contribution in [0.3, 0.4) is 0 Å². The van der Waals surface area contributed by atoms with E-state index in [1.54, 1.807) is 0 Å². The van der Waals surface area contributed by atoms with Crippen LogP contribution in [0.4, 0.5) is 0 Å². The molecule has 0 aliphatic carbocycles. The molecule has 0 spiro atoms. The highest BCUT2D eigenvalue weighted by Gasteiger charge is 2.33. The molecule has 1 aliphatic heterocycles. The van der Waals surface area contributed by atoms with Gasteiger partial charge in [0.2, 0.25) is 0 Å². The number of benzene rings is 1.